The molecule has 0 nitrogen and oxygen atoms in total. The summed E-state index contributed by atoms with van der Waals surface area (Å²) in [4.78, 5) is 0. The van der Waals surface area contributed by atoms with E-state index in [2.05, 4.69) is 38.1 Å². The third-order valence-electron chi connectivity index (χ3n) is 3.17. The molecule has 0 spiro atoms. The van der Waals surface area contributed by atoms with Gasteiger partial charge in [0.05, 0.1) is 0 Å². The second kappa shape index (κ2) is 3.17. The van der Waals surface area contributed by atoms with Crippen LogP contribution in [0.5, 0.6) is 0 Å². The molecule has 0 atom stereocenters. The van der Waals surface area contributed by atoms with E-state index in [0.29, 0.717) is 5.41 Å². The molecule has 0 bridgehead atoms. The Morgan fingerprint density at radius 1 is 1.08 bits per heavy atom. The Bertz CT molecular complexity index is 277. The zero-order valence-electron chi connectivity index (χ0n) is 8.64. The van der Waals surface area contributed by atoms with Gasteiger partial charge in [-0.15, -0.1) is 0 Å². The van der Waals surface area contributed by atoms with Crippen LogP contribution in [0.3, 0.4) is 0 Å². The van der Waals surface area contributed by atoms with E-state index in [1.54, 1.807) is 0 Å². The van der Waals surface area contributed by atoms with Gasteiger partial charge < -0.3 is 0 Å². The standard InChI is InChI=1S/C13H18/c1-3-11-4-6-12(7-5-11)10-13(2)8-9-13/h4-7H,3,8-10H2,1-2H3. The predicted molar refractivity (Wildman–Crippen MR) is 56.9 cm³/mol. The van der Waals surface area contributed by atoms with E-state index in [0.717, 1.165) is 6.42 Å². The lowest BCUT2D eigenvalue weighted by Gasteiger charge is -2.08. The minimum atomic E-state index is 0.647. The van der Waals surface area contributed by atoms with Crippen molar-refractivity contribution in [3.05, 3.63) is 35.4 Å². The van der Waals surface area contributed by atoms with Gasteiger partial charge in [-0.3, -0.25) is 0 Å². The van der Waals surface area contributed by atoms with Crippen LogP contribution >= 0.6 is 0 Å². The fourth-order valence-electron chi connectivity index (χ4n) is 1.78. The molecule has 0 aromatic heterocycles. The van der Waals surface area contributed by atoms with Crippen molar-refractivity contribution in [2.75, 3.05) is 0 Å². The maximum absolute atomic E-state index is 2.39. The number of hydrogen-bond acceptors (Lipinski definition) is 0. The van der Waals surface area contributed by atoms with Gasteiger partial charge >= 0.3 is 0 Å². The second-order valence-electron chi connectivity index (χ2n) is 4.66. The van der Waals surface area contributed by atoms with Crippen LogP contribution in [0, 0.1) is 5.41 Å². The molecule has 0 radical (unpaired) electrons. The lowest BCUT2D eigenvalue weighted by atomic mass is 9.98. The van der Waals surface area contributed by atoms with Crippen LogP contribution in [-0.4, -0.2) is 0 Å². The van der Waals surface area contributed by atoms with Crippen LogP contribution in [-0.2, 0) is 12.8 Å². The summed E-state index contributed by atoms with van der Waals surface area (Å²) in [5.74, 6) is 0. The Morgan fingerprint density at radius 2 is 1.62 bits per heavy atom. The van der Waals surface area contributed by atoms with E-state index in [1.165, 1.54) is 30.4 Å². The largest absolute Gasteiger partial charge is 0.0613 e. The van der Waals surface area contributed by atoms with Gasteiger partial charge in [-0.05, 0) is 42.2 Å². The molecule has 0 amide bonds. The monoisotopic (exact) mass is 174 g/mol. The van der Waals surface area contributed by atoms with Crippen molar-refractivity contribution in [1.82, 2.24) is 0 Å². The molecule has 0 saturated heterocycles. The average molecular weight is 174 g/mol. The highest BCUT2D eigenvalue weighted by Crippen LogP contribution is 2.47. The predicted octanol–water partition coefficient (Wildman–Crippen LogP) is 3.59. The SMILES string of the molecule is CCc1ccc(CC2(C)CC2)cc1. The highest BCUT2D eigenvalue weighted by Gasteiger charge is 2.36. The van der Waals surface area contributed by atoms with E-state index in [4.69, 9.17) is 0 Å². The number of benzene rings is 1. The topological polar surface area (TPSA) is 0 Å². The van der Waals surface area contributed by atoms with Crippen LogP contribution in [0.1, 0.15) is 37.8 Å². The van der Waals surface area contributed by atoms with Gasteiger partial charge in [0, 0.05) is 0 Å². The molecule has 13 heavy (non-hydrogen) atoms. The first kappa shape index (κ1) is 8.80. The van der Waals surface area contributed by atoms with Gasteiger partial charge in [0.1, 0.15) is 0 Å². The van der Waals surface area contributed by atoms with Crippen molar-refractivity contribution >= 4 is 0 Å². The normalized spacial score (nSPS) is 18.6. The van der Waals surface area contributed by atoms with Crippen molar-refractivity contribution in [3.63, 3.8) is 0 Å². The second-order valence-corrected chi connectivity index (χ2v) is 4.66. The number of rotatable bonds is 3. The summed E-state index contributed by atoms with van der Waals surface area (Å²) in [7, 11) is 0. The first-order valence-corrected chi connectivity index (χ1v) is 5.30. The van der Waals surface area contributed by atoms with E-state index in [-0.39, 0.29) is 0 Å². The Kier molecular flexibility index (Phi) is 2.15. The summed E-state index contributed by atoms with van der Waals surface area (Å²) >= 11 is 0. The van der Waals surface area contributed by atoms with Gasteiger partial charge in [-0.2, -0.15) is 0 Å². The molecule has 0 N–H and O–H groups in total. The Hall–Kier alpha value is -0.780. The summed E-state index contributed by atoms with van der Waals surface area (Å²) in [6, 6.07) is 9.12. The van der Waals surface area contributed by atoms with Gasteiger partial charge in [-0.1, -0.05) is 38.1 Å². The van der Waals surface area contributed by atoms with Crippen molar-refractivity contribution in [2.45, 2.75) is 39.5 Å². The quantitative estimate of drug-likeness (QED) is 0.657. The molecule has 1 aliphatic rings. The summed E-state index contributed by atoms with van der Waals surface area (Å²) in [5, 5.41) is 0. The highest BCUT2D eigenvalue weighted by atomic mass is 14.4. The molecule has 1 aromatic carbocycles. The summed E-state index contributed by atoms with van der Waals surface area (Å²) in [6.07, 6.45) is 5.26. The van der Waals surface area contributed by atoms with Crippen LogP contribution in [0.15, 0.2) is 24.3 Å². The fraction of sp³-hybridized carbons (Fsp3) is 0.538. The third-order valence-corrected chi connectivity index (χ3v) is 3.17. The lowest BCUT2D eigenvalue weighted by molar-refractivity contribution is 0.570. The number of aryl methyl sites for hydroxylation is 1. The molecular formula is C13H18. The molecule has 0 heterocycles. The molecule has 1 aromatic rings. The smallest absolute Gasteiger partial charge is 0.0225 e. The molecule has 1 fully saturated rings. The maximum atomic E-state index is 2.39. The molecule has 70 valence electrons. The van der Waals surface area contributed by atoms with Crippen LogP contribution in [0.2, 0.25) is 0 Å². The van der Waals surface area contributed by atoms with E-state index in [9.17, 15) is 0 Å². The van der Waals surface area contributed by atoms with Gasteiger partial charge in [0.2, 0.25) is 0 Å². The molecule has 0 aliphatic heterocycles. The molecule has 0 heteroatoms. The van der Waals surface area contributed by atoms with Crippen molar-refractivity contribution in [1.29, 1.82) is 0 Å². The molecule has 0 unspecified atom stereocenters. The van der Waals surface area contributed by atoms with Gasteiger partial charge in [0.25, 0.3) is 0 Å². The van der Waals surface area contributed by atoms with Crippen molar-refractivity contribution in [2.24, 2.45) is 5.41 Å². The van der Waals surface area contributed by atoms with Crippen molar-refractivity contribution in [3.8, 4) is 0 Å². The van der Waals surface area contributed by atoms with Crippen LogP contribution in [0.4, 0.5) is 0 Å². The maximum Gasteiger partial charge on any atom is -0.0225 e. The Balaban J connectivity index is 2.05. The van der Waals surface area contributed by atoms with Crippen LogP contribution < -0.4 is 0 Å². The van der Waals surface area contributed by atoms with E-state index >= 15 is 0 Å². The summed E-state index contributed by atoms with van der Waals surface area (Å²) < 4.78 is 0. The molecule has 1 saturated carbocycles. The molecule has 2 rings (SSSR count). The van der Waals surface area contributed by atoms with Crippen LogP contribution in [0.25, 0.3) is 0 Å². The van der Waals surface area contributed by atoms with Gasteiger partial charge in [-0.25, -0.2) is 0 Å². The zero-order valence-corrected chi connectivity index (χ0v) is 8.64. The molecular weight excluding hydrogens is 156 g/mol. The minimum Gasteiger partial charge on any atom is -0.0613 e. The Labute approximate surface area is 81.0 Å². The summed E-state index contributed by atoms with van der Waals surface area (Å²) in [6.45, 7) is 4.60. The lowest BCUT2D eigenvalue weighted by Crippen LogP contribution is -1.98. The Morgan fingerprint density at radius 3 is 2.08 bits per heavy atom. The van der Waals surface area contributed by atoms with E-state index < -0.39 is 0 Å². The zero-order chi connectivity index (χ0) is 9.31. The molecule has 1 aliphatic carbocycles. The van der Waals surface area contributed by atoms with Crippen molar-refractivity contribution < 1.29 is 0 Å². The third kappa shape index (κ3) is 2.12. The minimum absolute atomic E-state index is 0.647. The highest BCUT2D eigenvalue weighted by molar-refractivity contribution is 5.24. The first-order valence-electron chi connectivity index (χ1n) is 5.30. The fourth-order valence-corrected chi connectivity index (χ4v) is 1.78. The van der Waals surface area contributed by atoms with E-state index in [1.807, 2.05) is 0 Å². The summed E-state index contributed by atoms with van der Waals surface area (Å²) in [5.41, 5.74) is 3.61. The first-order chi connectivity index (χ1) is 6.22. The van der Waals surface area contributed by atoms with Gasteiger partial charge in [0.15, 0.2) is 0 Å². The average Bonchev–Trinajstić information content (AvgIpc) is 2.85. The number of hydrogen-bond donors (Lipinski definition) is 0.